The Bertz CT molecular complexity index is 1230. The van der Waals surface area contributed by atoms with E-state index >= 15 is 0 Å². The molecule has 0 amide bonds. The highest BCUT2D eigenvalue weighted by atomic mass is 32.2. The van der Waals surface area contributed by atoms with E-state index in [4.69, 9.17) is 0 Å². The summed E-state index contributed by atoms with van der Waals surface area (Å²) in [7, 11) is -3.25. The second-order valence-corrected chi connectivity index (χ2v) is 9.64. The Morgan fingerprint density at radius 3 is 2.45 bits per heavy atom. The fraction of sp³-hybridized carbons (Fsp3) is 0.500. The minimum atomic E-state index is -3.31. The van der Waals surface area contributed by atoms with Crippen LogP contribution in [0.15, 0.2) is 18.5 Å². The Balaban J connectivity index is 1.69. The first-order valence-corrected chi connectivity index (χ1v) is 11.3. The molecule has 31 heavy (non-hydrogen) atoms. The topological polar surface area (TPSA) is 92.5 Å². The van der Waals surface area contributed by atoms with E-state index in [9.17, 15) is 26.0 Å². The minimum absolute atomic E-state index is 0.0930. The Morgan fingerprint density at radius 1 is 1.19 bits per heavy atom. The highest BCUT2D eigenvalue weighted by Crippen LogP contribution is 2.32. The van der Waals surface area contributed by atoms with E-state index in [0.29, 0.717) is 32.9 Å². The molecule has 4 rings (SSSR count). The van der Waals surface area contributed by atoms with Gasteiger partial charge >= 0.3 is 0 Å². The van der Waals surface area contributed by atoms with E-state index in [1.54, 1.807) is 0 Å². The van der Waals surface area contributed by atoms with Gasteiger partial charge in [0.1, 0.15) is 11.3 Å². The van der Waals surface area contributed by atoms with Crippen molar-refractivity contribution in [2.24, 2.45) is 0 Å². The van der Waals surface area contributed by atoms with Crippen molar-refractivity contribution in [3.05, 3.63) is 29.7 Å². The molecule has 0 saturated carbocycles. The van der Waals surface area contributed by atoms with Crippen LogP contribution in [0.3, 0.4) is 0 Å². The van der Waals surface area contributed by atoms with E-state index in [-0.39, 0.29) is 28.7 Å². The summed E-state index contributed by atoms with van der Waals surface area (Å²) >= 11 is 0. The molecule has 8 nitrogen and oxygen atoms in total. The lowest BCUT2D eigenvalue weighted by Gasteiger charge is -2.30. The standard InChI is InChI=1S/C18H20F4N6O2S/c1-18(21,22)13-9-28-15-10(7-12(14(19)20)16(28)25-13)8-23-17(26-15)24-11-3-5-27(6-4-11)31(2,29)30/h7-9,11,14H,3-6H2,1-2H3,(H,23,24,26). The van der Waals surface area contributed by atoms with Crippen molar-refractivity contribution in [2.75, 3.05) is 24.7 Å². The van der Waals surface area contributed by atoms with Crippen LogP contribution >= 0.6 is 0 Å². The number of nitrogens with one attached hydrogen (secondary N) is 1. The van der Waals surface area contributed by atoms with Gasteiger partial charge in [-0.25, -0.2) is 31.5 Å². The van der Waals surface area contributed by atoms with Gasteiger partial charge in [0.2, 0.25) is 16.0 Å². The molecule has 0 aromatic carbocycles. The molecule has 0 bridgehead atoms. The third kappa shape index (κ3) is 4.28. The number of halogens is 4. The van der Waals surface area contributed by atoms with Crippen LogP contribution in [0.1, 0.15) is 37.4 Å². The first kappa shape index (κ1) is 21.7. The molecule has 0 radical (unpaired) electrons. The molecule has 1 N–H and O–H groups in total. The van der Waals surface area contributed by atoms with Gasteiger partial charge in [-0.05, 0) is 18.9 Å². The molecule has 0 unspecified atom stereocenters. The molecule has 3 aromatic rings. The molecule has 168 valence electrons. The molecule has 1 aliphatic rings. The number of nitrogens with zero attached hydrogens (tertiary/aromatic N) is 5. The largest absolute Gasteiger partial charge is 0.351 e. The third-order valence-corrected chi connectivity index (χ3v) is 6.54. The fourth-order valence-corrected chi connectivity index (χ4v) is 4.48. The monoisotopic (exact) mass is 460 g/mol. The van der Waals surface area contributed by atoms with Crippen LogP contribution in [0.5, 0.6) is 0 Å². The molecular weight excluding hydrogens is 440 g/mol. The van der Waals surface area contributed by atoms with E-state index in [1.165, 1.54) is 10.5 Å². The zero-order valence-corrected chi connectivity index (χ0v) is 17.5. The molecule has 13 heteroatoms. The highest BCUT2D eigenvalue weighted by molar-refractivity contribution is 7.88. The van der Waals surface area contributed by atoms with Crippen LogP contribution in [0.2, 0.25) is 0 Å². The second kappa shape index (κ2) is 7.55. The lowest BCUT2D eigenvalue weighted by molar-refractivity contribution is 0.0133. The molecule has 0 spiro atoms. The van der Waals surface area contributed by atoms with Crippen LogP contribution in [-0.2, 0) is 15.9 Å². The van der Waals surface area contributed by atoms with E-state index in [1.807, 2.05) is 0 Å². The number of anilines is 1. The number of sulfonamides is 1. The number of hydrogen-bond donors (Lipinski definition) is 1. The van der Waals surface area contributed by atoms with E-state index < -0.39 is 33.6 Å². The molecule has 3 aromatic heterocycles. The number of fused-ring (bicyclic) bond motifs is 3. The lowest BCUT2D eigenvalue weighted by Crippen LogP contribution is -2.42. The number of rotatable bonds is 5. The van der Waals surface area contributed by atoms with Crippen molar-refractivity contribution in [3.63, 3.8) is 0 Å². The number of piperidine rings is 1. The van der Waals surface area contributed by atoms with Gasteiger partial charge in [-0.2, -0.15) is 13.8 Å². The Hall–Kier alpha value is -2.54. The summed E-state index contributed by atoms with van der Waals surface area (Å²) in [6.07, 6.45) is 1.66. The minimum Gasteiger partial charge on any atom is -0.351 e. The Labute approximate surface area is 175 Å². The normalized spacial score (nSPS) is 17.1. The van der Waals surface area contributed by atoms with Crippen molar-refractivity contribution in [1.82, 2.24) is 23.7 Å². The van der Waals surface area contributed by atoms with Crippen molar-refractivity contribution >= 4 is 32.7 Å². The molecule has 1 aliphatic heterocycles. The molecule has 1 saturated heterocycles. The van der Waals surface area contributed by atoms with Gasteiger partial charge in [0, 0.05) is 43.8 Å². The van der Waals surface area contributed by atoms with Gasteiger partial charge in [0.25, 0.3) is 12.3 Å². The average molecular weight is 460 g/mol. The van der Waals surface area contributed by atoms with Gasteiger partial charge in [-0.15, -0.1) is 0 Å². The Morgan fingerprint density at radius 2 is 1.87 bits per heavy atom. The van der Waals surface area contributed by atoms with Crippen LogP contribution in [0.4, 0.5) is 23.5 Å². The predicted octanol–water partition coefficient (Wildman–Crippen LogP) is 3.16. The number of imidazole rings is 1. The summed E-state index contributed by atoms with van der Waals surface area (Å²) < 4.78 is 80.3. The number of hydrogen-bond acceptors (Lipinski definition) is 6. The summed E-state index contributed by atoms with van der Waals surface area (Å²) in [6.45, 7) is 1.34. The van der Waals surface area contributed by atoms with E-state index in [2.05, 4.69) is 20.3 Å². The quantitative estimate of drug-likeness (QED) is 0.588. The van der Waals surface area contributed by atoms with Crippen LogP contribution in [0, 0.1) is 0 Å². The Kier molecular flexibility index (Phi) is 5.28. The molecule has 4 heterocycles. The van der Waals surface area contributed by atoms with Crippen LogP contribution in [-0.4, -0.2) is 57.5 Å². The number of pyridine rings is 1. The SMILES string of the molecule is CC(F)(F)c1cn2c(n1)c(C(F)F)cc1cnc(NC3CCN(S(C)(=O)=O)CC3)nc12. The van der Waals surface area contributed by atoms with Crippen molar-refractivity contribution in [3.8, 4) is 0 Å². The summed E-state index contributed by atoms with van der Waals surface area (Å²) in [6, 6.07) is 1.05. The maximum absolute atomic E-state index is 13.8. The van der Waals surface area contributed by atoms with Crippen molar-refractivity contribution < 1.29 is 26.0 Å². The summed E-state index contributed by atoms with van der Waals surface area (Å²) in [4.78, 5) is 12.2. The van der Waals surface area contributed by atoms with Gasteiger partial charge in [-0.3, -0.25) is 4.40 Å². The van der Waals surface area contributed by atoms with Gasteiger partial charge in [0.05, 0.1) is 11.8 Å². The number of alkyl halides is 4. The van der Waals surface area contributed by atoms with Gasteiger partial charge in [0.15, 0.2) is 5.65 Å². The van der Waals surface area contributed by atoms with Crippen molar-refractivity contribution in [1.29, 1.82) is 0 Å². The maximum atomic E-state index is 13.8. The number of aromatic nitrogens is 4. The van der Waals surface area contributed by atoms with Gasteiger partial charge in [-0.1, -0.05) is 0 Å². The maximum Gasteiger partial charge on any atom is 0.288 e. The molecular formula is C18H20F4N6O2S. The van der Waals surface area contributed by atoms with E-state index in [0.717, 1.165) is 22.9 Å². The fourth-order valence-electron chi connectivity index (χ4n) is 3.61. The van der Waals surface area contributed by atoms with Crippen molar-refractivity contribution in [2.45, 2.75) is 38.2 Å². The zero-order valence-electron chi connectivity index (χ0n) is 16.7. The van der Waals surface area contributed by atoms with Crippen LogP contribution < -0.4 is 5.32 Å². The summed E-state index contributed by atoms with van der Waals surface area (Å²) in [5.41, 5.74) is -1.25. The lowest BCUT2D eigenvalue weighted by atomic mass is 10.1. The summed E-state index contributed by atoms with van der Waals surface area (Å²) in [5, 5.41) is 3.36. The average Bonchev–Trinajstić information content (AvgIpc) is 3.13. The van der Waals surface area contributed by atoms with Crippen LogP contribution in [0.25, 0.3) is 16.7 Å². The first-order chi connectivity index (χ1) is 14.4. The first-order valence-electron chi connectivity index (χ1n) is 9.50. The molecule has 0 atom stereocenters. The summed E-state index contributed by atoms with van der Waals surface area (Å²) in [5.74, 6) is -3.12. The van der Waals surface area contributed by atoms with Gasteiger partial charge < -0.3 is 5.32 Å². The molecule has 1 fully saturated rings. The molecule has 0 aliphatic carbocycles. The highest BCUT2D eigenvalue weighted by Gasteiger charge is 2.30. The third-order valence-electron chi connectivity index (χ3n) is 5.24. The second-order valence-electron chi connectivity index (χ2n) is 7.66. The zero-order chi connectivity index (χ0) is 22.6. The predicted molar refractivity (Wildman–Crippen MR) is 106 cm³/mol. The smallest absolute Gasteiger partial charge is 0.288 e.